The maximum absolute atomic E-state index is 13.2. The molecule has 0 saturated carbocycles. The second kappa shape index (κ2) is 8.05. The quantitative estimate of drug-likeness (QED) is 0.442. The molecule has 0 N–H and O–H groups in total. The molecule has 1 aliphatic rings. The van der Waals surface area contributed by atoms with Crippen molar-refractivity contribution in [3.8, 4) is 0 Å². The van der Waals surface area contributed by atoms with Crippen LogP contribution < -0.4 is 5.56 Å². The van der Waals surface area contributed by atoms with Crippen molar-refractivity contribution in [1.82, 2.24) is 9.55 Å². The molecular formula is C21H21ClN2O2S. The van der Waals surface area contributed by atoms with Crippen LogP contribution in [-0.2, 0) is 11.3 Å². The smallest absolute Gasteiger partial charge is 0.262 e. The number of aromatic nitrogens is 2. The van der Waals surface area contributed by atoms with Crippen LogP contribution in [0.25, 0.3) is 10.9 Å². The summed E-state index contributed by atoms with van der Waals surface area (Å²) < 4.78 is 7.54. The van der Waals surface area contributed by atoms with E-state index in [2.05, 4.69) is 19.1 Å². The van der Waals surface area contributed by atoms with Gasteiger partial charge in [-0.1, -0.05) is 53.7 Å². The molecule has 0 unspecified atom stereocenters. The third-order valence-corrected chi connectivity index (χ3v) is 6.23. The molecule has 0 amide bonds. The maximum Gasteiger partial charge on any atom is 0.262 e. The van der Waals surface area contributed by atoms with E-state index in [1.807, 2.05) is 18.2 Å². The SMILES string of the molecule is C[C@H](Sc1nc2cc(Cl)ccc2c(=O)n1C[C@H]1CCCO1)c1ccccc1. The van der Waals surface area contributed by atoms with E-state index < -0.39 is 0 Å². The molecule has 2 heterocycles. The van der Waals surface area contributed by atoms with Gasteiger partial charge in [-0.2, -0.15) is 0 Å². The Kier molecular flexibility index (Phi) is 5.53. The summed E-state index contributed by atoms with van der Waals surface area (Å²) >= 11 is 7.72. The number of hydrogen-bond acceptors (Lipinski definition) is 4. The van der Waals surface area contributed by atoms with Gasteiger partial charge in [0.05, 0.1) is 23.6 Å². The molecule has 2 atom stereocenters. The number of thioether (sulfide) groups is 1. The van der Waals surface area contributed by atoms with E-state index in [-0.39, 0.29) is 16.9 Å². The minimum atomic E-state index is -0.0325. The van der Waals surface area contributed by atoms with Crippen molar-refractivity contribution in [2.45, 2.75) is 42.8 Å². The summed E-state index contributed by atoms with van der Waals surface area (Å²) in [4.78, 5) is 18.0. The lowest BCUT2D eigenvalue weighted by Crippen LogP contribution is -2.29. The Morgan fingerprint density at radius 2 is 2.11 bits per heavy atom. The van der Waals surface area contributed by atoms with Crippen LogP contribution in [0, 0.1) is 0 Å². The van der Waals surface area contributed by atoms with Gasteiger partial charge in [-0.05, 0) is 43.5 Å². The fourth-order valence-electron chi connectivity index (χ4n) is 3.37. The average Bonchev–Trinajstić information content (AvgIpc) is 3.18. The predicted octanol–water partition coefficient (Wildman–Crippen LogP) is 5.08. The van der Waals surface area contributed by atoms with Crippen LogP contribution in [0.5, 0.6) is 0 Å². The van der Waals surface area contributed by atoms with E-state index in [0.29, 0.717) is 27.6 Å². The van der Waals surface area contributed by atoms with Gasteiger partial charge < -0.3 is 4.74 Å². The molecule has 0 bridgehead atoms. The standard InChI is InChI=1S/C21H21ClN2O2S/c1-14(15-6-3-2-4-7-15)27-21-23-19-12-16(22)9-10-18(19)20(25)24(21)13-17-8-5-11-26-17/h2-4,6-7,9-10,12,14,17H,5,8,11,13H2,1H3/t14-,17+/m0/s1. The summed E-state index contributed by atoms with van der Waals surface area (Å²) in [5.41, 5.74) is 1.81. The lowest BCUT2D eigenvalue weighted by atomic mass is 10.2. The largest absolute Gasteiger partial charge is 0.376 e. The maximum atomic E-state index is 13.2. The van der Waals surface area contributed by atoms with Crippen molar-refractivity contribution in [1.29, 1.82) is 0 Å². The van der Waals surface area contributed by atoms with Gasteiger partial charge in [0.1, 0.15) is 0 Å². The zero-order chi connectivity index (χ0) is 18.8. The highest BCUT2D eigenvalue weighted by atomic mass is 35.5. The first kappa shape index (κ1) is 18.5. The minimum Gasteiger partial charge on any atom is -0.376 e. The molecule has 2 aromatic carbocycles. The van der Waals surface area contributed by atoms with Crippen LogP contribution in [0.2, 0.25) is 5.02 Å². The average molecular weight is 401 g/mol. The molecule has 1 aliphatic heterocycles. The highest BCUT2D eigenvalue weighted by Crippen LogP contribution is 2.34. The molecule has 27 heavy (non-hydrogen) atoms. The first-order valence-electron chi connectivity index (χ1n) is 9.15. The molecular weight excluding hydrogens is 380 g/mol. The van der Waals surface area contributed by atoms with Crippen molar-refractivity contribution in [3.05, 3.63) is 69.5 Å². The molecule has 1 aromatic heterocycles. The normalized spacial score (nSPS) is 18.1. The van der Waals surface area contributed by atoms with E-state index in [1.54, 1.807) is 34.5 Å². The first-order chi connectivity index (χ1) is 13.1. The van der Waals surface area contributed by atoms with Crippen molar-refractivity contribution < 1.29 is 4.74 Å². The number of hydrogen-bond donors (Lipinski definition) is 0. The highest BCUT2D eigenvalue weighted by molar-refractivity contribution is 7.99. The number of ether oxygens (including phenoxy) is 1. The second-order valence-electron chi connectivity index (χ2n) is 6.78. The van der Waals surface area contributed by atoms with Crippen LogP contribution >= 0.6 is 23.4 Å². The van der Waals surface area contributed by atoms with Crippen LogP contribution in [-0.4, -0.2) is 22.3 Å². The van der Waals surface area contributed by atoms with Crippen LogP contribution in [0.1, 0.15) is 30.6 Å². The van der Waals surface area contributed by atoms with E-state index >= 15 is 0 Å². The summed E-state index contributed by atoms with van der Waals surface area (Å²) in [6, 6.07) is 15.5. The monoisotopic (exact) mass is 400 g/mol. The number of benzene rings is 2. The highest BCUT2D eigenvalue weighted by Gasteiger charge is 2.21. The van der Waals surface area contributed by atoms with E-state index in [9.17, 15) is 4.79 Å². The van der Waals surface area contributed by atoms with Gasteiger partial charge >= 0.3 is 0 Å². The van der Waals surface area contributed by atoms with Gasteiger partial charge in [-0.15, -0.1) is 0 Å². The summed E-state index contributed by atoms with van der Waals surface area (Å²) in [6.45, 7) is 3.43. The molecule has 3 aromatic rings. The summed E-state index contributed by atoms with van der Waals surface area (Å²) in [5.74, 6) is 0. The van der Waals surface area contributed by atoms with Gasteiger partial charge in [0.2, 0.25) is 0 Å². The molecule has 1 fully saturated rings. The lowest BCUT2D eigenvalue weighted by Gasteiger charge is -2.19. The van der Waals surface area contributed by atoms with Gasteiger partial charge in [0, 0.05) is 16.9 Å². The van der Waals surface area contributed by atoms with Gasteiger partial charge in [-0.3, -0.25) is 9.36 Å². The third kappa shape index (κ3) is 4.05. The minimum absolute atomic E-state index is 0.0325. The Balaban J connectivity index is 1.76. The molecule has 6 heteroatoms. The van der Waals surface area contributed by atoms with Gasteiger partial charge in [0.25, 0.3) is 5.56 Å². The zero-order valence-electron chi connectivity index (χ0n) is 15.1. The molecule has 4 rings (SSSR count). The van der Waals surface area contributed by atoms with Crippen molar-refractivity contribution in [2.24, 2.45) is 0 Å². The van der Waals surface area contributed by atoms with E-state index in [0.717, 1.165) is 19.4 Å². The Morgan fingerprint density at radius 1 is 1.30 bits per heavy atom. The van der Waals surface area contributed by atoms with Crippen LogP contribution in [0.3, 0.4) is 0 Å². The fraction of sp³-hybridized carbons (Fsp3) is 0.333. The predicted molar refractivity (Wildman–Crippen MR) is 111 cm³/mol. The Bertz CT molecular complexity index is 1000. The van der Waals surface area contributed by atoms with Crippen molar-refractivity contribution in [2.75, 3.05) is 6.61 Å². The summed E-state index contributed by atoms with van der Waals surface area (Å²) in [5, 5.41) is 2.06. The summed E-state index contributed by atoms with van der Waals surface area (Å²) in [6.07, 6.45) is 2.09. The molecule has 140 valence electrons. The number of nitrogens with zero attached hydrogens (tertiary/aromatic N) is 2. The Morgan fingerprint density at radius 3 is 2.85 bits per heavy atom. The number of fused-ring (bicyclic) bond motifs is 1. The number of halogens is 1. The van der Waals surface area contributed by atoms with Crippen molar-refractivity contribution >= 4 is 34.3 Å². The molecule has 0 aliphatic carbocycles. The second-order valence-corrected chi connectivity index (χ2v) is 8.52. The van der Waals surface area contributed by atoms with Crippen LogP contribution in [0.15, 0.2) is 58.5 Å². The lowest BCUT2D eigenvalue weighted by molar-refractivity contribution is 0.0937. The van der Waals surface area contributed by atoms with Gasteiger partial charge in [0.15, 0.2) is 5.16 Å². The zero-order valence-corrected chi connectivity index (χ0v) is 16.7. The molecule has 4 nitrogen and oxygen atoms in total. The fourth-order valence-corrected chi connectivity index (χ4v) is 4.58. The topological polar surface area (TPSA) is 44.1 Å². The molecule has 0 radical (unpaired) electrons. The Hall–Kier alpha value is -1.82. The van der Waals surface area contributed by atoms with Gasteiger partial charge in [-0.25, -0.2) is 4.98 Å². The van der Waals surface area contributed by atoms with Crippen LogP contribution in [0.4, 0.5) is 0 Å². The molecule has 1 saturated heterocycles. The Labute approximate surface area is 167 Å². The first-order valence-corrected chi connectivity index (χ1v) is 10.4. The van der Waals surface area contributed by atoms with E-state index in [4.69, 9.17) is 21.3 Å². The summed E-state index contributed by atoms with van der Waals surface area (Å²) in [7, 11) is 0. The molecule has 0 spiro atoms. The number of rotatable bonds is 5. The van der Waals surface area contributed by atoms with E-state index in [1.165, 1.54) is 5.56 Å². The van der Waals surface area contributed by atoms with Crippen molar-refractivity contribution in [3.63, 3.8) is 0 Å². The third-order valence-electron chi connectivity index (χ3n) is 4.84.